The first kappa shape index (κ1) is 16.3. The first-order valence-corrected chi connectivity index (χ1v) is 6.70. The van der Waals surface area contributed by atoms with Crippen molar-refractivity contribution in [2.24, 2.45) is 0 Å². The molecule has 0 heterocycles. The molecule has 2 aromatic rings. The number of amides is 2. The van der Waals surface area contributed by atoms with Crippen LogP contribution in [-0.2, 0) is 4.79 Å². The van der Waals surface area contributed by atoms with Crippen LogP contribution in [0.3, 0.4) is 0 Å². The number of ether oxygens (including phenoxy) is 2. The van der Waals surface area contributed by atoms with Gasteiger partial charge in [-0.15, -0.1) is 0 Å². The van der Waals surface area contributed by atoms with Gasteiger partial charge in [-0.2, -0.15) is 0 Å². The summed E-state index contributed by atoms with van der Waals surface area (Å²) in [5, 5.41) is 0. The third kappa shape index (κ3) is 4.99. The summed E-state index contributed by atoms with van der Waals surface area (Å²) in [6.07, 6.45) is 0. The molecule has 0 fully saturated rings. The molecule has 0 spiro atoms. The van der Waals surface area contributed by atoms with Crippen molar-refractivity contribution in [3.8, 4) is 11.5 Å². The van der Waals surface area contributed by atoms with Gasteiger partial charge in [-0.3, -0.25) is 20.4 Å². The lowest BCUT2D eigenvalue weighted by Gasteiger charge is -2.09. The molecule has 2 amide bonds. The zero-order valence-corrected chi connectivity index (χ0v) is 12.3. The van der Waals surface area contributed by atoms with Crippen molar-refractivity contribution in [3.63, 3.8) is 0 Å². The van der Waals surface area contributed by atoms with Gasteiger partial charge in [0.05, 0.1) is 7.11 Å². The van der Waals surface area contributed by atoms with Crippen LogP contribution in [0, 0.1) is 5.82 Å². The van der Waals surface area contributed by atoms with E-state index in [4.69, 9.17) is 9.47 Å². The van der Waals surface area contributed by atoms with Gasteiger partial charge in [0.1, 0.15) is 17.3 Å². The zero-order chi connectivity index (χ0) is 16.7. The average Bonchev–Trinajstić information content (AvgIpc) is 2.59. The van der Waals surface area contributed by atoms with E-state index in [9.17, 15) is 14.0 Å². The predicted octanol–water partition coefficient (Wildman–Crippen LogP) is 1.67. The van der Waals surface area contributed by atoms with Crippen molar-refractivity contribution in [2.75, 3.05) is 13.7 Å². The second kappa shape index (κ2) is 7.79. The summed E-state index contributed by atoms with van der Waals surface area (Å²) < 4.78 is 22.9. The zero-order valence-electron chi connectivity index (χ0n) is 12.3. The number of carbonyl (C=O) groups excluding carboxylic acids is 2. The lowest BCUT2D eigenvalue weighted by molar-refractivity contribution is -0.123. The van der Waals surface area contributed by atoms with Crippen LogP contribution in [0.25, 0.3) is 0 Å². The Morgan fingerprint density at radius 3 is 2.48 bits per heavy atom. The third-order valence-electron chi connectivity index (χ3n) is 2.83. The highest BCUT2D eigenvalue weighted by molar-refractivity contribution is 5.95. The summed E-state index contributed by atoms with van der Waals surface area (Å²) in [6, 6.07) is 11.7. The molecular formula is C16H15FN2O4. The minimum atomic E-state index is -0.550. The molecule has 0 saturated heterocycles. The SMILES string of the molecule is COc1cccc(C(=O)NNC(=O)COc2ccc(F)cc2)c1. The van der Waals surface area contributed by atoms with E-state index >= 15 is 0 Å². The molecule has 120 valence electrons. The van der Waals surface area contributed by atoms with E-state index in [0.717, 1.165) is 0 Å². The largest absolute Gasteiger partial charge is 0.497 e. The van der Waals surface area contributed by atoms with Crippen molar-refractivity contribution in [3.05, 3.63) is 59.9 Å². The number of hydrogen-bond acceptors (Lipinski definition) is 4. The molecule has 23 heavy (non-hydrogen) atoms. The van der Waals surface area contributed by atoms with Crippen LogP contribution in [0.5, 0.6) is 11.5 Å². The maximum Gasteiger partial charge on any atom is 0.276 e. The molecular weight excluding hydrogens is 303 g/mol. The molecule has 2 rings (SSSR count). The van der Waals surface area contributed by atoms with Crippen molar-refractivity contribution < 1.29 is 23.5 Å². The Kier molecular flexibility index (Phi) is 5.51. The van der Waals surface area contributed by atoms with Crippen LogP contribution >= 0.6 is 0 Å². The first-order chi connectivity index (χ1) is 11.1. The lowest BCUT2D eigenvalue weighted by atomic mass is 10.2. The molecule has 0 radical (unpaired) electrons. The number of hydrogen-bond donors (Lipinski definition) is 2. The van der Waals surface area contributed by atoms with Crippen LogP contribution in [0.4, 0.5) is 4.39 Å². The smallest absolute Gasteiger partial charge is 0.276 e. The van der Waals surface area contributed by atoms with E-state index in [0.29, 0.717) is 17.1 Å². The summed E-state index contributed by atoms with van der Waals surface area (Å²) in [5.41, 5.74) is 4.82. The minimum Gasteiger partial charge on any atom is -0.497 e. The lowest BCUT2D eigenvalue weighted by Crippen LogP contribution is -2.43. The number of hydrazine groups is 1. The molecule has 6 nitrogen and oxygen atoms in total. The summed E-state index contributed by atoms with van der Waals surface area (Å²) in [4.78, 5) is 23.5. The van der Waals surface area contributed by atoms with Crippen molar-refractivity contribution in [1.82, 2.24) is 10.9 Å². The van der Waals surface area contributed by atoms with Crippen LogP contribution in [-0.4, -0.2) is 25.5 Å². The van der Waals surface area contributed by atoms with E-state index in [-0.39, 0.29) is 6.61 Å². The third-order valence-corrected chi connectivity index (χ3v) is 2.83. The fourth-order valence-electron chi connectivity index (χ4n) is 1.68. The number of methoxy groups -OCH3 is 1. The van der Waals surface area contributed by atoms with Crippen LogP contribution in [0.2, 0.25) is 0 Å². The number of halogens is 1. The molecule has 0 aliphatic carbocycles. The Labute approximate surface area is 132 Å². The summed E-state index contributed by atoms with van der Waals surface area (Å²) in [5.74, 6) is -0.554. The van der Waals surface area contributed by atoms with Crippen molar-refractivity contribution in [1.29, 1.82) is 0 Å². The molecule has 0 unspecified atom stereocenters. The summed E-state index contributed by atoms with van der Waals surface area (Å²) in [7, 11) is 1.49. The van der Waals surface area contributed by atoms with E-state index in [1.54, 1.807) is 18.2 Å². The van der Waals surface area contributed by atoms with Crippen LogP contribution in [0.15, 0.2) is 48.5 Å². The molecule has 0 saturated carbocycles. The molecule has 0 aliphatic heterocycles. The Morgan fingerprint density at radius 2 is 1.78 bits per heavy atom. The van der Waals surface area contributed by atoms with Gasteiger partial charge in [0.2, 0.25) is 0 Å². The first-order valence-electron chi connectivity index (χ1n) is 6.70. The molecule has 0 aliphatic rings. The average molecular weight is 318 g/mol. The van der Waals surface area contributed by atoms with Gasteiger partial charge >= 0.3 is 0 Å². The van der Waals surface area contributed by atoms with Gasteiger partial charge in [-0.05, 0) is 42.5 Å². The number of benzene rings is 2. The molecule has 0 aromatic heterocycles. The molecule has 2 aromatic carbocycles. The van der Waals surface area contributed by atoms with Gasteiger partial charge in [-0.25, -0.2) is 4.39 Å². The van der Waals surface area contributed by atoms with Gasteiger partial charge < -0.3 is 9.47 Å². The number of carbonyl (C=O) groups is 2. The van der Waals surface area contributed by atoms with E-state index < -0.39 is 17.6 Å². The summed E-state index contributed by atoms with van der Waals surface area (Å²) >= 11 is 0. The standard InChI is InChI=1S/C16H15FN2O4/c1-22-14-4-2-3-11(9-14)16(21)19-18-15(20)10-23-13-7-5-12(17)6-8-13/h2-9H,10H2,1H3,(H,18,20)(H,19,21). The topological polar surface area (TPSA) is 76.7 Å². The maximum absolute atomic E-state index is 12.7. The Hall–Kier alpha value is -3.09. The summed E-state index contributed by atoms with van der Waals surface area (Å²) in [6.45, 7) is -0.315. The Morgan fingerprint density at radius 1 is 1.04 bits per heavy atom. The van der Waals surface area contributed by atoms with Gasteiger partial charge in [0, 0.05) is 5.56 Å². The maximum atomic E-state index is 12.7. The fourth-order valence-corrected chi connectivity index (χ4v) is 1.68. The van der Waals surface area contributed by atoms with E-state index in [1.165, 1.54) is 37.4 Å². The van der Waals surface area contributed by atoms with Crippen LogP contribution < -0.4 is 20.3 Å². The number of nitrogens with one attached hydrogen (secondary N) is 2. The van der Waals surface area contributed by atoms with E-state index in [1.807, 2.05) is 0 Å². The highest BCUT2D eigenvalue weighted by atomic mass is 19.1. The molecule has 2 N–H and O–H groups in total. The fraction of sp³-hybridized carbons (Fsp3) is 0.125. The molecule has 0 bridgehead atoms. The predicted molar refractivity (Wildman–Crippen MR) is 80.5 cm³/mol. The van der Waals surface area contributed by atoms with Crippen molar-refractivity contribution in [2.45, 2.75) is 0 Å². The van der Waals surface area contributed by atoms with Gasteiger partial charge in [0.25, 0.3) is 11.8 Å². The Balaban J connectivity index is 1.79. The minimum absolute atomic E-state index is 0.315. The van der Waals surface area contributed by atoms with Crippen molar-refractivity contribution >= 4 is 11.8 Å². The molecule has 7 heteroatoms. The number of rotatable bonds is 5. The van der Waals surface area contributed by atoms with Crippen LogP contribution in [0.1, 0.15) is 10.4 Å². The van der Waals surface area contributed by atoms with Gasteiger partial charge in [-0.1, -0.05) is 6.07 Å². The normalized spacial score (nSPS) is 9.83. The molecule has 0 atom stereocenters. The second-order valence-electron chi connectivity index (χ2n) is 4.48. The highest BCUT2D eigenvalue weighted by Gasteiger charge is 2.08. The second-order valence-corrected chi connectivity index (χ2v) is 4.48. The Bertz CT molecular complexity index is 689. The van der Waals surface area contributed by atoms with Gasteiger partial charge in [0.15, 0.2) is 6.61 Å². The highest BCUT2D eigenvalue weighted by Crippen LogP contribution is 2.12. The monoisotopic (exact) mass is 318 g/mol. The van der Waals surface area contributed by atoms with E-state index in [2.05, 4.69) is 10.9 Å². The quantitative estimate of drug-likeness (QED) is 0.822.